The van der Waals surface area contributed by atoms with Gasteiger partial charge in [-0.05, 0) is 37.0 Å². The number of thioether (sulfide) groups is 1. The van der Waals surface area contributed by atoms with E-state index in [4.69, 9.17) is 11.6 Å². The molecule has 0 spiro atoms. The first-order chi connectivity index (χ1) is 12.5. The third-order valence-corrected chi connectivity index (χ3v) is 6.03. The molecule has 1 aliphatic heterocycles. The molecule has 0 N–H and O–H groups in total. The smallest absolute Gasteiger partial charge is 0.232 e. The van der Waals surface area contributed by atoms with Gasteiger partial charge in [0.1, 0.15) is 0 Å². The zero-order valence-corrected chi connectivity index (χ0v) is 17.3. The van der Waals surface area contributed by atoms with Crippen LogP contribution >= 0.6 is 23.4 Å². The highest BCUT2D eigenvalue weighted by atomic mass is 35.5. The van der Waals surface area contributed by atoms with E-state index < -0.39 is 0 Å². The van der Waals surface area contributed by atoms with Gasteiger partial charge in [-0.1, -0.05) is 37.1 Å². The SMILES string of the molecule is CCCCN(C)C(=O)C1CCN(C(=O)CSCc2cccc(Cl)c2)CC1. The summed E-state index contributed by atoms with van der Waals surface area (Å²) in [5.41, 5.74) is 1.13. The second-order valence-electron chi connectivity index (χ2n) is 6.89. The maximum Gasteiger partial charge on any atom is 0.232 e. The number of carbonyl (C=O) groups is 2. The highest BCUT2D eigenvalue weighted by molar-refractivity contribution is 7.99. The number of likely N-dealkylation sites (tertiary alicyclic amines) is 1. The van der Waals surface area contributed by atoms with Crippen molar-refractivity contribution in [2.24, 2.45) is 5.92 Å². The molecule has 1 aromatic carbocycles. The lowest BCUT2D eigenvalue weighted by atomic mass is 9.95. The standard InChI is InChI=1S/C20H29ClN2O2S/c1-3-4-10-22(2)20(25)17-8-11-23(12-9-17)19(24)15-26-14-16-6-5-7-18(21)13-16/h5-7,13,17H,3-4,8-12,14-15H2,1-2H3. The summed E-state index contributed by atoms with van der Waals surface area (Å²) in [6.07, 6.45) is 3.70. The first kappa shape index (κ1) is 21.1. The Morgan fingerprint density at radius 3 is 2.69 bits per heavy atom. The summed E-state index contributed by atoms with van der Waals surface area (Å²) >= 11 is 7.59. The fraction of sp³-hybridized carbons (Fsp3) is 0.600. The normalized spacial score (nSPS) is 15.1. The fourth-order valence-corrected chi connectivity index (χ4v) is 4.25. The van der Waals surface area contributed by atoms with Crippen LogP contribution in [0.5, 0.6) is 0 Å². The van der Waals surface area contributed by atoms with Crippen molar-refractivity contribution in [2.75, 3.05) is 32.4 Å². The van der Waals surface area contributed by atoms with Crippen LogP contribution in [0.1, 0.15) is 38.2 Å². The molecule has 0 radical (unpaired) electrons. The highest BCUT2D eigenvalue weighted by Gasteiger charge is 2.28. The second kappa shape index (κ2) is 10.8. The number of carbonyl (C=O) groups excluding carboxylic acids is 2. The van der Waals surface area contributed by atoms with Crippen LogP contribution in [-0.4, -0.2) is 54.0 Å². The third-order valence-electron chi connectivity index (χ3n) is 4.80. The number of hydrogen-bond acceptors (Lipinski definition) is 3. The van der Waals surface area contributed by atoms with Crippen LogP contribution in [0.3, 0.4) is 0 Å². The van der Waals surface area contributed by atoms with E-state index in [0.29, 0.717) is 18.8 Å². The lowest BCUT2D eigenvalue weighted by Crippen LogP contribution is -2.44. The summed E-state index contributed by atoms with van der Waals surface area (Å²) in [6.45, 7) is 4.34. The molecular formula is C20H29ClN2O2S. The molecule has 0 aromatic heterocycles. The summed E-state index contributed by atoms with van der Waals surface area (Å²) in [7, 11) is 1.89. The molecule has 0 atom stereocenters. The molecule has 1 saturated heterocycles. The number of benzene rings is 1. The Hall–Kier alpha value is -1.20. The summed E-state index contributed by atoms with van der Waals surface area (Å²) in [4.78, 5) is 28.6. The van der Waals surface area contributed by atoms with Gasteiger partial charge in [-0.2, -0.15) is 0 Å². The molecule has 2 rings (SSSR count). The maximum atomic E-state index is 12.4. The van der Waals surface area contributed by atoms with Gasteiger partial charge >= 0.3 is 0 Å². The average Bonchev–Trinajstić information content (AvgIpc) is 2.65. The van der Waals surface area contributed by atoms with Crippen molar-refractivity contribution in [1.29, 1.82) is 0 Å². The van der Waals surface area contributed by atoms with Crippen LogP contribution < -0.4 is 0 Å². The highest BCUT2D eigenvalue weighted by Crippen LogP contribution is 2.21. The summed E-state index contributed by atoms with van der Waals surface area (Å²) < 4.78 is 0. The molecule has 4 nitrogen and oxygen atoms in total. The Morgan fingerprint density at radius 2 is 2.04 bits per heavy atom. The summed E-state index contributed by atoms with van der Waals surface area (Å²) in [5, 5.41) is 0.727. The van der Waals surface area contributed by atoms with Gasteiger partial charge < -0.3 is 9.80 Å². The van der Waals surface area contributed by atoms with E-state index in [-0.39, 0.29) is 17.7 Å². The first-order valence-electron chi connectivity index (χ1n) is 9.36. The molecule has 2 amide bonds. The van der Waals surface area contributed by atoms with Crippen molar-refractivity contribution in [3.05, 3.63) is 34.9 Å². The molecule has 1 aromatic rings. The Bertz CT molecular complexity index is 603. The third kappa shape index (κ3) is 6.51. The van der Waals surface area contributed by atoms with Crippen molar-refractivity contribution in [2.45, 2.75) is 38.4 Å². The minimum absolute atomic E-state index is 0.0695. The molecule has 6 heteroatoms. The van der Waals surface area contributed by atoms with Gasteiger partial charge in [-0.25, -0.2) is 0 Å². The Labute approximate surface area is 166 Å². The molecule has 0 aliphatic carbocycles. The number of amides is 2. The van der Waals surface area contributed by atoms with Crippen LogP contribution in [0.2, 0.25) is 5.02 Å². The predicted octanol–water partition coefficient (Wildman–Crippen LogP) is 4.07. The molecule has 0 saturated carbocycles. The van der Waals surface area contributed by atoms with Gasteiger partial charge in [-0.15, -0.1) is 11.8 Å². The maximum absolute atomic E-state index is 12.4. The predicted molar refractivity (Wildman–Crippen MR) is 109 cm³/mol. The van der Waals surface area contributed by atoms with E-state index in [1.54, 1.807) is 11.8 Å². The van der Waals surface area contributed by atoms with Crippen LogP contribution in [0.25, 0.3) is 0 Å². The Morgan fingerprint density at radius 1 is 1.31 bits per heavy atom. The quantitative estimate of drug-likeness (QED) is 0.665. The van der Waals surface area contributed by atoms with Gasteiger partial charge in [-0.3, -0.25) is 9.59 Å². The summed E-state index contributed by atoms with van der Waals surface area (Å²) in [6, 6.07) is 7.74. The van der Waals surface area contributed by atoms with Gasteiger partial charge in [0.2, 0.25) is 11.8 Å². The molecule has 1 aliphatic rings. The topological polar surface area (TPSA) is 40.6 Å². The zero-order chi connectivity index (χ0) is 18.9. The lowest BCUT2D eigenvalue weighted by molar-refractivity contribution is -0.138. The molecule has 0 bridgehead atoms. The number of halogens is 1. The van der Waals surface area contributed by atoms with Gasteiger partial charge in [0.25, 0.3) is 0 Å². The van der Waals surface area contributed by atoms with Crippen molar-refractivity contribution in [1.82, 2.24) is 9.80 Å². The van der Waals surface area contributed by atoms with Crippen molar-refractivity contribution >= 4 is 35.2 Å². The van der Waals surface area contributed by atoms with E-state index in [1.807, 2.05) is 41.1 Å². The molecular weight excluding hydrogens is 368 g/mol. The number of rotatable bonds is 8. The van der Waals surface area contributed by atoms with E-state index in [0.717, 1.165) is 48.6 Å². The molecule has 1 heterocycles. The van der Waals surface area contributed by atoms with E-state index in [9.17, 15) is 9.59 Å². The molecule has 0 unspecified atom stereocenters. The number of unbranched alkanes of at least 4 members (excludes halogenated alkanes) is 1. The molecule has 26 heavy (non-hydrogen) atoms. The average molecular weight is 397 g/mol. The van der Waals surface area contributed by atoms with Crippen molar-refractivity contribution < 1.29 is 9.59 Å². The zero-order valence-electron chi connectivity index (χ0n) is 15.7. The minimum atomic E-state index is 0.0695. The van der Waals surface area contributed by atoms with Crippen LogP contribution in [-0.2, 0) is 15.3 Å². The summed E-state index contributed by atoms with van der Waals surface area (Å²) in [5.74, 6) is 1.73. The Balaban J connectivity index is 1.70. The van der Waals surface area contributed by atoms with E-state index in [1.165, 1.54) is 0 Å². The van der Waals surface area contributed by atoms with Crippen molar-refractivity contribution in [3.8, 4) is 0 Å². The van der Waals surface area contributed by atoms with Gasteiger partial charge in [0.15, 0.2) is 0 Å². The first-order valence-corrected chi connectivity index (χ1v) is 10.9. The van der Waals surface area contributed by atoms with Crippen LogP contribution in [0, 0.1) is 5.92 Å². The minimum Gasteiger partial charge on any atom is -0.346 e. The van der Waals surface area contributed by atoms with E-state index in [2.05, 4.69) is 6.92 Å². The number of piperidine rings is 1. The van der Waals surface area contributed by atoms with Gasteiger partial charge in [0.05, 0.1) is 5.75 Å². The second-order valence-corrected chi connectivity index (χ2v) is 8.31. The molecule has 144 valence electrons. The largest absolute Gasteiger partial charge is 0.346 e. The molecule has 1 fully saturated rings. The Kier molecular flexibility index (Phi) is 8.79. The number of hydrogen-bond donors (Lipinski definition) is 0. The lowest BCUT2D eigenvalue weighted by Gasteiger charge is -2.33. The van der Waals surface area contributed by atoms with Crippen molar-refractivity contribution in [3.63, 3.8) is 0 Å². The monoisotopic (exact) mass is 396 g/mol. The number of nitrogens with zero attached hydrogens (tertiary/aromatic N) is 2. The van der Waals surface area contributed by atoms with E-state index >= 15 is 0 Å². The fourth-order valence-electron chi connectivity index (χ4n) is 3.17. The van der Waals surface area contributed by atoms with Gasteiger partial charge in [0, 0.05) is 43.4 Å². The van der Waals surface area contributed by atoms with Crippen LogP contribution in [0.4, 0.5) is 0 Å². The van der Waals surface area contributed by atoms with Crippen LogP contribution in [0.15, 0.2) is 24.3 Å².